The van der Waals surface area contributed by atoms with Crippen LogP contribution in [0.2, 0.25) is 0 Å². The molecule has 1 aliphatic carbocycles. The van der Waals surface area contributed by atoms with Crippen molar-refractivity contribution in [1.82, 2.24) is 0 Å². The highest BCUT2D eigenvalue weighted by molar-refractivity contribution is 7.62. The molecular weight excluding hydrogens is 199 g/mol. The minimum absolute atomic E-state index is 0.0337. The first-order valence-corrected chi connectivity index (χ1v) is 7.19. The Kier molecular flexibility index (Phi) is 3.51. The van der Waals surface area contributed by atoms with Gasteiger partial charge < -0.3 is 0 Å². The molecule has 0 bridgehead atoms. The number of allylic oxidation sites excluding steroid dienone is 4. The molecule has 1 rings (SSSR count). The van der Waals surface area contributed by atoms with E-state index in [1.807, 2.05) is 0 Å². The standard InChI is InChI=1S/C14H25P/c1-11-8-9-12(10-11)15(13(2,3)4)14(5,6)7/h8-10,12H,1-7H3/t12-/m1/s1. The Morgan fingerprint density at radius 1 is 1.00 bits per heavy atom. The van der Waals surface area contributed by atoms with Gasteiger partial charge >= 0.3 is 0 Å². The summed E-state index contributed by atoms with van der Waals surface area (Å²) >= 11 is 0. The largest absolute Gasteiger partial charge is 0.0846 e. The van der Waals surface area contributed by atoms with Crippen LogP contribution in [0, 0.1) is 0 Å². The Morgan fingerprint density at radius 2 is 1.47 bits per heavy atom. The molecular formula is C14H25P. The molecule has 0 nitrogen and oxygen atoms in total. The van der Waals surface area contributed by atoms with Gasteiger partial charge in [-0.25, -0.2) is 0 Å². The van der Waals surface area contributed by atoms with E-state index in [1.54, 1.807) is 0 Å². The van der Waals surface area contributed by atoms with Crippen molar-refractivity contribution in [3.63, 3.8) is 0 Å². The lowest BCUT2D eigenvalue weighted by Crippen LogP contribution is -2.29. The molecule has 0 radical (unpaired) electrons. The lowest BCUT2D eigenvalue weighted by atomic mass is 10.2. The molecule has 1 atom stereocenters. The van der Waals surface area contributed by atoms with Crippen molar-refractivity contribution in [2.45, 2.75) is 64.4 Å². The number of hydrogen-bond donors (Lipinski definition) is 0. The molecule has 0 saturated carbocycles. The van der Waals surface area contributed by atoms with Gasteiger partial charge in [-0.3, -0.25) is 0 Å². The first-order valence-electron chi connectivity index (χ1n) is 5.78. The van der Waals surface area contributed by atoms with Gasteiger partial charge in [0.2, 0.25) is 0 Å². The first-order chi connectivity index (χ1) is 6.62. The third-order valence-electron chi connectivity index (χ3n) is 2.73. The predicted molar refractivity (Wildman–Crippen MR) is 73.1 cm³/mol. The Morgan fingerprint density at radius 3 is 1.73 bits per heavy atom. The molecule has 0 aromatic rings. The van der Waals surface area contributed by atoms with Crippen LogP contribution in [0.15, 0.2) is 23.8 Å². The molecule has 0 N–H and O–H groups in total. The van der Waals surface area contributed by atoms with Gasteiger partial charge in [0.05, 0.1) is 0 Å². The molecule has 0 unspecified atom stereocenters. The van der Waals surface area contributed by atoms with E-state index >= 15 is 0 Å². The van der Waals surface area contributed by atoms with E-state index in [9.17, 15) is 0 Å². The molecule has 0 heterocycles. The van der Waals surface area contributed by atoms with E-state index in [0.717, 1.165) is 0 Å². The van der Waals surface area contributed by atoms with Crippen molar-refractivity contribution >= 4 is 7.92 Å². The van der Waals surface area contributed by atoms with Crippen LogP contribution in [0.3, 0.4) is 0 Å². The number of hydrogen-bond acceptors (Lipinski definition) is 0. The molecule has 0 fully saturated rings. The Balaban J connectivity index is 2.99. The smallest absolute Gasteiger partial charge is 0.0168 e. The van der Waals surface area contributed by atoms with E-state index in [0.29, 0.717) is 16.0 Å². The highest BCUT2D eigenvalue weighted by Crippen LogP contribution is 2.63. The van der Waals surface area contributed by atoms with Crippen molar-refractivity contribution in [2.24, 2.45) is 0 Å². The van der Waals surface area contributed by atoms with Crippen LogP contribution in [-0.4, -0.2) is 16.0 Å². The van der Waals surface area contributed by atoms with Gasteiger partial charge in [-0.2, -0.15) is 0 Å². The van der Waals surface area contributed by atoms with E-state index < -0.39 is 0 Å². The van der Waals surface area contributed by atoms with Crippen molar-refractivity contribution in [3.8, 4) is 0 Å². The van der Waals surface area contributed by atoms with Crippen LogP contribution in [0.5, 0.6) is 0 Å². The van der Waals surface area contributed by atoms with Crippen molar-refractivity contribution in [1.29, 1.82) is 0 Å². The van der Waals surface area contributed by atoms with Crippen LogP contribution in [0.1, 0.15) is 48.5 Å². The fourth-order valence-corrected chi connectivity index (χ4v) is 7.14. The molecule has 1 heteroatoms. The van der Waals surface area contributed by atoms with E-state index in [-0.39, 0.29) is 7.92 Å². The second-order valence-electron chi connectivity index (χ2n) is 6.47. The fourth-order valence-electron chi connectivity index (χ4n) is 2.69. The number of rotatable bonds is 1. The van der Waals surface area contributed by atoms with E-state index in [4.69, 9.17) is 0 Å². The summed E-state index contributed by atoms with van der Waals surface area (Å²) in [6.45, 7) is 16.5. The highest BCUT2D eigenvalue weighted by atomic mass is 31.1. The molecule has 0 saturated heterocycles. The van der Waals surface area contributed by atoms with Crippen molar-refractivity contribution in [2.75, 3.05) is 0 Å². The maximum atomic E-state index is 2.45. The molecule has 0 amide bonds. The maximum absolute atomic E-state index is 2.45. The van der Waals surface area contributed by atoms with Gasteiger partial charge in [-0.1, -0.05) is 73.3 Å². The van der Waals surface area contributed by atoms with Crippen molar-refractivity contribution in [3.05, 3.63) is 23.8 Å². The second kappa shape index (κ2) is 4.06. The Hall–Kier alpha value is -0.0900. The molecule has 0 spiro atoms. The normalized spacial score (nSPS) is 22.4. The molecule has 15 heavy (non-hydrogen) atoms. The Bertz CT molecular complexity index is 269. The highest BCUT2D eigenvalue weighted by Gasteiger charge is 2.38. The molecule has 1 aliphatic rings. The van der Waals surface area contributed by atoms with Gasteiger partial charge in [0.1, 0.15) is 0 Å². The third-order valence-corrected chi connectivity index (χ3v) is 6.54. The van der Waals surface area contributed by atoms with E-state index in [1.165, 1.54) is 5.57 Å². The SMILES string of the molecule is CC1=C[C@H](P(C(C)(C)C)C(C)(C)C)C=C1. The average molecular weight is 224 g/mol. The average Bonchev–Trinajstić information content (AvgIpc) is 2.28. The van der Waals surface area contributed by atoms with Gasteiger partial charge in [0.25, 0.3) is 0 Å². The topological polar surface area (TPSA) is 0 Å². The summed E-state index contributed by atoms with van der Waals surface area (Å²) in [4.78, 5) is 0. The van der Waals surface area contributed by atoms with E-state index in [2.05, 4.69) is 66.7 Å². The summed E-state index contributed by atoms with van der Waals surface area (Å²) in [5.74, 6) is 0. The summed E-state index contributed by atoms with van der Waals surface area (Å²) in [5, 5.41) is 0.841. The summed E-state index contributed by atoms with van der Waals surface area (Å²) in [6.07, 6.45) is 7.12. The summed E-state index contributed by atoms with van der Waals surface area (Å²) in [6, 6.07) is 0. The second-order valence-corrected chi connectivity index (χ2v) is 10.5. The van der Waals surface area contributed by atoms with Gasteiger partial charge in [-0.05, 0) is 17.2 Å². The lowest BCUT2D eigenvalue weighted by Gasteiger charge is -2.44. The van der Waals surface area contributed by atoms with Crippen LogP contribution in [0.25, 0.3) is 0 Å². The van der Waals surface area contributed by atoms with Gasteiger partial charge in [-0.15, -0.1) is 0 Å². The van der Waals surface area contributed by atoms with Crippen LogP contribution in [-0.2, 0) is 0 Å². The first kappa shape index (κ1) is 13.0. The zero-order chi connectivity index (χ0) is 11.9. The molecule has 0 aliphatic heterocycles. The monoisotopic (exact) mass is 224 g/mol. The fraction of sp³-hybridized carbons (Fsp3) is 0.714. The molecule has 0 aromatic heterocycles. The van der Waals surface area contributed by atoms with Crippen LogP contribution < -0.4 is 0 Å². The van der Waals surface area contributed by atoms with Gasteiger partial charge in [0, 0.05) is 5.66 Å². The minimum Gasteiger partial charge on any atom is -0.0846 e. The Labute approximate surface area is 96.6 Å². The summed E-state index contributed by atoms with van der Waals surface area (Å²) in [5.41, 5.74) is 2.11. The summed E-state index contributed by atoms with van der Waals surface area (Å²) < 4.78 is 0. The van der Waals surface area contributed by atoms with Crippen molar-refractivity contribution < 1.29 is 0 Å². The maximum Gasteiger partial charge on any atom is 0.0168 e. The zero-order valence-corrected chi connectivity index (χ0v) is 12.2. The van der Waals surface area contributed by atoms with Crippen LogP contribution in [0.4, 0.5) is 0 Å². The lowest BCUT2D eigenvalue weighted by molar-refractivity contribution is 0.701. The summed E-state index contributed by atoms with van der Waals surface area (Å²) in [7, 11) is -0.0337. The van der Waals surface area contributed by atoms with Gasteiger partial charge in [0.15, 0.2) is 0 Å². The van der Waals surface area contributed by atoms with Crippen LogP contribution >= 0.6 is 7.92 Å². The third kappa shape index (κ3) is 3.18. The minimum atomic E-state index is -0.0337. The molecule has 86 valence electrons. The predicted octanol–water partition coefficient (Wildman–Crippen LogP) is 4.95. The quantitative estimate of drug-likeness (QED) is 0.553. The molecule has 0 aromatic carbocycles. The zero-order valence-electron chi connectivity index (χ0n) is 11.3.